The van der Waals surface area contributed by atoms with Crippen molar-refractivity contribution in [3.8, 4) is 0 Å². The van der Waals surface area contributed by atoms with Crippen LogP contribution in [0.15, 0.2) is 35.5 Å². The van der Waals surface area contributed by atoms with Gasteiger partial charge in [0.1, 0.15) is 35.5 Å². The molecule has 0 saturated heterocycles. The second kappa shape index (κ2) is 6.53. The smallest absolute Gasteiger partial charge is 0.283 e. The summed E-state index contributed by atoms with van der Waals surface area (Å²) in [5, 5.41) is 0.410. The van der Waals surface area contributed by atoms with Crippen LogP contribution in [0.3, 0.4) is 0 Å². The molecule has 1 fully saturated rings. The number of rotatable bonds is 5. The summed E-state index contributed by atoms with van der Waals surface area (Å²) in [6, 6.07) is 5.41. The Morgan fingerprint density at radius 1 is 1.37 bits per heavy atom. The molecule has 0 aromatic carbocycles. The van der Waals surface area contributed by atoms with Gasteiger partial charge in [0, 0.05) is 17.8 Å². The quantitative estimate of drug-likeness (QED) is 0.790. The van der Waals surface area contributed by atoms with Crippen LogP contribution in [0.2, 0.25) is 5.02 Å². The van der Waals surface area contributed by atoms with Crippen molar-refractivity contribution in [1.82, 2.24) is 9.97 Å². The zero-order valence-electron chi connectivity index (χ0n) is 14.0. The summed E-state index contributed by atoms with van der Waals surface area (Å²) < 4.78 is 33.8. The second-order valence-electron chi connectivity index (χ2n) is 6.60. The van der Waals surface area contributed by atoms with Crippen molar-refractivity contribution in [2.24, 2.45) is 16.6 Å². The molecule has 3 atom stereocenters. The highest BCUT2D eigenvalue weighted by Crippen LogP contribution is 2.53. The van der Waals surface area contributed by atoms with Crippen molar-refractivity contribution in [3.63, 3.8) is 0 Å². The maximum Gasteiger partial charge on any atom is 0.283 e. The highest BCUT2D eigenvalue weighted by atomic mass is 35.5. The molecule has 140 valence electrons. The van der Waals surface area contributed by atoms with Gasteiger partial charge in [0.2, 0.25) is 0 Å². The van der Waals surface area contributed by atoms with E-state index in [9.17, 15) is 13.6 Å². The first-order valence-corrected chi connectivity index (χ1v) is 8.69. The van der Waals surface area contributed by atoms with Crippen LogP contribution in [0, 0.1) is 11.7 Å². The lowest BCUT2D eigenvalue weighted by Gasteiger charge is -2.30. The third-order valence-electron chi connectivity index (χ3n) is 4.80. The van der Waals surface area contributed by atoms with Gasteiger partial charge in [0.05, 0.1) is 11.4 Å². The Kier molecular flexibility index (Phi) is 4.30. The lowest BCUT2D eigenvalue weighted by atomic mass is 9.89. The lowest BCUT2D eigenvalue weighted by molar-refractivity contribution is 0.0986. The van der Waals surface area contributed by atoms with Crippen LogP contribution in [-0.4, -0.2) is 34.6 Å². The summed E-state index contributed by atoms with van der Waals surface area (Å²) in [6.07, 6.45) is 1.48. The van der Waals surface area contributed by atoms with Gasteiger partial charge in [-0.25, -0.2) is 13.8 Å². The van der Waals surface area contributed by atoms with E-state index in [1.54, 1.807) is 6.07 Å². The standard InChI is InChI=1S/C18H15ClF2N4O2/c19-9-1-4-13(23-7-9)14(26)5-10-2-3-12(21)16(24-10)18(8-20)11-6-15(11)27-17(22)25-18/h1-4,7,11,15H,5-6,8H2,(H2,22,25)/t11-,15+,18-/m1/s1. The van der Waals surface area contributed by atoms with Crippen LogP contribution in [0.4, 0.5) is 8.78 Å². The third kappa shape index (κ3) is 3.14. The molecule has 4 rings (SSSR count). The first kappa shape index (κ1) is 17.8. The lowest BCUT2D eigenvalue weighted by Crippen LogP contribution is -2.40. The van der Waals surface area contributed by atoms with Crippen molar-refractivity contribution < 1.29 is 18.3 Å². The fourth-order valence-electron chi connectivity index (χ4n) is 3.37. The van der Waals surface area contributed by atoms with Crippen molar-refractivity contribution in [1.29, 1.82) is 0 Å². The van der Waals surface area contributed by atoms with E-state index in [-0.39, 0.29) is 41.6 Å². The number of alkyl halides is 1. The van der Waals surface area contributed by atoms with Crippen molar-refractivity contribution in [2.45, 2.75) is 24.5 Å². The van der Waals surface area contributed by atoms with E-state index in [1.165, 1.54) is 18.3 Å². The Morgan fingerprint density at radius 2 is 2.19 bits per heavy atom. The van der Waals surface area contributed by atoms with E-state index in [0.717, 1.165) is 6.07 Å². The number of carbonyl (C=O) groups excluding carboxylic acids is 1. The van der Waals surface area contributed by atoms with Crippen LogP contribution in [-0.2, 0) is 16.7 Å². The molecule has 1 aliphatic carbocycles. The summed E-state index contributed by atoms with van der Waals surface area (Å²) in [6.45, 7) is -0.960. The number of aromatic nitrogens is 2. The average molecular weight is 393 g/mol. The number of ether oxygens (including phenoxy) is 1. The molecule has 1 aliphatic heterocycles. The number of aliphatic imine (C=N–C) groups is 1. The fraction of sp³-hybridized carbons (Fsp3) is 0.333. The van der Waals surface area contributed by atoms with Gasteiger partial charge < -0.3 is 10.5 Å². The predicted molar refractivity (Wildman–Crippen MR) is 93.7 cm³/mol. The molecule has 0 bridgehead atoms. The molecule has 2 N–H and O–H groups in total. The molecule has 2 aromatic rings. The molecule has 0 radical (unpaired) electrons. The third-order valence-corrected chi connectivity index (χ3v) is 5.02. The van der Waals surface area contributed by atoms with Crippen molar-refractivity contribution >= 4 is 23.4 Å². The highest BCUT2D eigenvalue weighted by molar-refractivity contribution is 6.30. The Morgan fingerprint density at radius 3 is 2.89 bits per heavy atom. The Labute approximate surface area is 158 Å². The van der Waals surface area contributed by atoms with Crippen LogP contribution in [0.5, 0.6) is 0 Å². The summed E-state index contributed by atoms with van der Waals surface area (Å²) in [5.74, 6) is -1.34. The van der Waals surface area contributed by atoms with Crippen LogP contribution in [0.1, 0.15) is 28.3 Å². The molecular weight excluding hydrogens is 378 g/mol. The predicted octanol–water partition coefficient (Wildman–Crippen LogP) is 2.59. The molecule has 9 heteroatoms. The number of hydrogen-bond donors (Lipinski definition) is 1. The summed E-state index contributed by atoms with van der Waals surface area (Å²) >= 11 is 5.77. The Bertz CT molecular complexity index is 937. The molecule has 6 nitrogen and oxygen atoms in total. The van der Waals surface area contributed by atoms with E-state index in [4.69, 9.17) is 22.1 Å². The summed E-state index contributed by atoms with van der Waals surface area (Å²) in [7, 11) is 0. The molecule has 3 heterocycles. The number of pyridine rings is 2. The number of ketones is 1. The number of nitrogens with two attached hydrogens (primary N) is 1. The van der Waals surface area contributed by atoms with Gasteiger partial charge in [-0.2, -0.15) is 0 Å². The van der Waals surface area contributed by atoms with Crippen LogP contribution < -0.4 is 5.73 Å². The number of amidine groups is 1. The van der Waals surface area contributed by atoms with E-state index in [0.29, 0.717) is 17.1 Å². The summed E-state index contributed by atoms with van der Waals surface area (Å²) in [5.41, 5.74) is 4.46. The topological polar surface area (TPSA) is 90.5 Å². The Balaban J connectivity index is 1.66. The maximum atomic E-state index is 14.5. The number of carbonyl (C=O) groups is 1. The Hall–Kier alpha value is -2.61. The molecule has 0 amide bonds. The monoisotopic (exact) mass is 392 g/mol. The minimum Gasteiger partial charge on any atom is -0.462 e. The molecular formula is C18H15ClF2N4O2. The minimum absolute atomic E-state index is 0.117. The number of fused-ring (bicyclic) bond motifs is 1. The molecule has 2 aliphatic rings. The molecule has 1 saturated carbocycles. The number of nitrogens with zero attached hydrogens (tertiary/aromatic N) is 3. The highest BCUT2D eigenvalue weighted by Gasteiger charge is 2.60. The zero-order valence-corrected chi connectivity index (χ0v) is 14.8. The van der Waals surface area contributed by atoms with Gasteiger partial charge >= 0.3 is 0 Å². The van der Waals surface area contributed by atoms with Crippen molar-refractivity contribution in [3.05, 3.63) is 58.4 Å². The van der Waals surface area contributed by atoms with Gasteiger partial charge in [-0.3, -0.25) is 14.8 Å². The van der Waals surface area contributed by atoms with Crippen LogP contribution in [0.25, 0.3) is 0 Å². The first-order chi connectivity index (χ1) is 12.9. The van der Waals surface area contributed by atoms with Gasteiger partial charge in [-0.05, 0) is 30.7 Å². The van der Waals surface area contributed by atoms with E-state index < -0.39 is 18.0 Å². The molecule has 0 unspecified atom stereocenters. The second-order valence-corrected chi connectivity index (χ2v) is 7.04. The molecule has 27 heavy (non-hydrogen) atoms. The zero-order chi connectivity index (χ0) is 19.2. The largest absolute Gasteiger partial charge is 0.462 e. The van der Waals surface area contributed by atoms with Gasteiger partial charge in [-0.15, -0.1) is 0 Å². The average Bonchev–Trinajstić information content (AvgIpc) is 3.43. The first-order valence-electron chi connectivity index (χ1n) is 8.31. The fourth-order valence-corrected chi connectivity index (χ4v) is 3.48. The van der Waals surface area contributed by atoms with Crippen molar-refractivity contribution in [2.75, 3.05) is 6.67 Å². The molecule has 0 spiro atoms. The van der Waals surface area contributed by atoms with Gasteiger partial charge in [-0.1, -0.05) is 11.6 Å². The minimum atomic E-state index is -1.52. The number of hydrogen-bond acceptors (Lipinski definition) is 6. The number of Topliss-reactive ketones (excluding diaryl/α,β-unsaturated/α-hetero) is 1. The van der Waals surface area contributed by atoms with E-state index in [1.807, 2.05) is 0 Å². The SMILES string of the molecule is NC1=N[C@@](CF)(c2nc(CC(=O)c3ccc(Cl)cn3)ccc2F)[C@@H]2C[C@@H]2O1. The molecule has 2 aromatic heterocycles. The van der Waals surface area contributed by atoms with E-state index >= 15 is 0 Å². The van der Waals surface area contributed by atoms with Gasteiger partial charge in [0.15, 0.2) is 5.78 Å². The summed E-state index contributed by atoms with van der Waals surface area (Å²) in [4.78, 5) is 24.6. The maximum absolute atomic E-state index is 14.5. The number of halogens is 3. The van der Waals surface area contributed by atoms with Gasteiger partial charge in [0.25, 0.3) is 6.02 Å². The normalized spacial score (nSPS) is 26.0. The van der Waals surface area contributed by atoms with E-state index in [2.05, 4.69) is 15.0 Å². The van der Waals surface area contributed by atoms with Crippen LogP contribution >= 0.6 is 11.6 Å².